The SMILES string of the molecule is CCN1/C(=C/C2=CC(=C/C3=[N+](CC)c4ccc(C)cc4C3)/CC(C)(C)C2)Cc2cc(C)ccc21.[I-]. The van der Waals surface area contributed by atoms with Crippen molar-refractivity contribution in [3.8, 4) is 0 Å². The number of anilines is 1. The van der Waals surface area contributed by atoms with Gasteiger partial charge in [0.2, 0.25) is 5.69 Å². The lowest BCUT2D eigenvalue weighted by atomic mass is 9.74. The highest BCUT2D eigenvalue weighted by atomic mass is 127. The van der Waals surface area contributed by atoms with E-state index in [-0.39, 0.29) is 29.4 Å². The second kappa shape index (κ2) is 10.1. The number of hydrogen-bond acceptors (Lipinski definition) is 1. The highest BCUT2D eigenvalue weighted by molar-refractivity contribution is 5.97. The Morgan fingerprint density at radius 2 is 1.63 bits per heavy atom. The second-order valence-corrected chi connectivity index (χ2v) is 11.2. The molecule has 0 saturated heterocycles. The van der Waals surface area contributed by atoms with Gasteiger partial charge in [-0.1, -0.05) is 49.2 Å². The summed E-state index contributed by atoms with van der Waals surface area (Å²) in [4.78, 5) is 2.50. The molecular formula is C32H39IN2. The van der Waals surface area contributed by atoms with Crippen LogP contribution in [0, 0.1) is 19.3 Å². The third-order valence-corrected chi connectivity index (χ3v) is 7.56. The Labute approximate surface area is 229 Å². The predicted octanol–water partition coefficient (Wildman–Crippen LogP) is 4.61. The molecule has 3 heteroatoms. The van der Waals surface area contributed by atoms with Crippen LogP contribution in [-0.2, 0) is 12.8 Å². The van der Waals surface area contributed by atoms with Gasteiger partial charge in [0.05, 0.1) is 6.42 Å². The van der Waals surface area contributed by atoms with Crippen LogP contribution in [0.5, 0.6) is 0 Å². The first-order valence-electron chi connectivity index (χ1n) is 13.0. The molecule has 0 aromatic heterocycles. The van der Waals surface area contributed by atoms with E-state index in [0.717, 1.165) is 38.8 Å². The van der Waals surface area contributed by atoms with Crippen molar-refractivity contribution in [2.24, 2.45) is 5.41 Å². The number of hydrogen-bond donors (Lipinski definition) is 0. The Morgan fingerprint density at radius 3 is 2.34 bits per heavy atom. The van der Waals surface area contributed by atoms with E-state index in [4.69, 9.17) is 0 Å². The number of benzene rings is 2. The van der Waals surface area contributed by atoms with Crippen molar-refractivity contribution < 1.29 is 28.6 Å². The zero-order chi connectivity index (χ0) is 24.0. The summed E-state index contributed by atoms with van der Waals surface area (Å²) in [5.74, 6) is 0. The summed E-state index contributed by atoms with van der Waals surface area (Å²) in [6, 6.07) is 13.8. The van der Waals surface area contributed by atoms with E-state index in [2.05, 4.69) is 106 Å². The molecule has 1 aliphatic carbocycles. The molecule has 0 spiro atoms. The molecule has 184 valence electrons. The lowest BCUT2D eigenvalue weighted by molar-refractivity contribution is -0.432. The van der Waals surface area contributed by atoms with E-state index in [0.29, 0.717) is 0 Å². The normalized spacial score (nSPS) is 20.7. The molecule has 0 fully saturated rings. The molecule has 0 unspecified atom stereocenters. The van der Waals surface area contributed by atoms with Crippen molar-refractivity contribution in [1.29, 1.82) is 0 Å². The van der Waals surface area contributed by atoms with Crippen LogP contribution in [-0.4, -0.2) is 23.4 Å². The number of rotatable bonds is 4. The van der Waals surface area contributed by atoms with Gasteiger partial charge in [-0.25, -0.2) is 0 Å². The van der Waals surface area contributed by atoms with Crippen LogP contribution in [0.25, 0.3) is 0 Å². The molecule has 0 saturated carbocycles. The van der Waals surface area contributed by atoms with Gasteiger partial charge >= 0.3 is 0 Å². The van der Waals surface area contributed by atoms with Gasteiger partial charge in [0.15, 0.2) is 5.71 Å². The van der Waals surface area contributed by atoms with Crippen LogP contribution < -0.4 is 28.9 Å². The predicted molar refractivity (Wildman–Crippen MR) is 146 cm³/mol. The van der Waals surface area contributed by atoms with Gasteiger partial charge in [0, 0.05) is 42.1 Å². The quantitative estimate of drug-likeness (QED) is 0.380. The molecule has 0 bridgehead atoms. The van der Waals surface area contributed by atoms with Crippen LogP contribution in [0.15, 0.2) is 71.5 Å². The van der Waals surface area contributed by atoms with Crippen molar-refractivity contribution in [2.45, 2.75) is 67.2 Å². The Bertz CT molecular complexity index is 1270. The third kappa shape index (κ3) is 5.21. The van der Waals surface area contributed by atoms with Crippen LogP contribution in [0.3, 0.4) is 0 Å². The minimum absolute atomic E-state index is 0. The fourth-order valence-corrected chi connectivity index (χ4v) is 6.26. The topological polar surface area (TPSA) is 6.25 Å². The number of fused-ring (bicyclic) bond motifs is 2. The van der Waals surface area contributed by atoms with Gasteiger partial charge in [0.1, 0.15) is 6.54 Å². The van der Waals surface area contributed by atoms with Gasteiger partial charge in [-0.05, 0) is 80.9 Å². The summed E-state index contributed by atoms with van der Waals surface area (Å²) in [7, 11) is 0. The molecule has 2 heterocycles. The summed E-state index contributed by atoms with van der Waals surface area (Å²) in [6.07, 6.45) is 11.8. The molecular weight excluding hydrogens is 539 g/mol. The Morgan fingerprint density at radius 1 is 0.914 bits per heavy atom. The number of nitrogens with zero attached hydrogens (tertiary/aromatic N) is 2. The summed E-state index contributed by atoms with van der Waals surface area (Å²) < 4.78 is 2.50. The standard InChI is InChI=1S/C32H39N2.HI/c1-7-33-28(18-26-13-22(3)9-11-30(26)33)16-24-15-25(21-32(5,6)20-24)17-29-19-27-14-23(4)10-12-31(27)34(29)8-2;/h9-17H,7-8,18-21H2,1-6H3;1H/q+1;/p-1. The zero-order valence-corrected chi connectivity index (χ0v) is 24.4. The smallest absolute Gasteiger partial charge is 0.209 e. The number of aryl methyl sites for hydroxylation is 2. The molecule has 0 atom stereocenters. The van der Waals surface area contributed by atoms with Gasteiger partial charge in [0.25, 0.3) is 0 Å². The molecule has 2 aromatic carbocycles. The van der Waals surface area contributed by atoms with Gasteiger partial charge in [-0.2, -0.15) is 4.58 Å². The Kier molecular flexibility index (Phi) is 7.47. The van der Waals surface area contributed by atoms with Gasteiger partial charge < -0.3 is 28.9 Å². The third-order valence-electron chi connectivity index (χ3n) is 7.56. The van der Waals surface area contributed by atoms with Gasteiger partial charge in [-0.3, -0.25) is 0 Å². The van der Waals surface area contributed by atoms with Crippen LogP contribution in [0.1, 0.15) is 62.8 Å². The molecule has 35 heavy (non-hydrogen) atoms. The number of likely N-dealkylation sites (N-methyl/N-ethyl adjacent to an activating group) is 1. The van der Waals surface area contributed by atoms with Crippen LogP contribution in [0.2, 0.25) is 0 Å². The number of allylic oxidation sites excluding steroid dienone is 6. The maximum Gasteiger partial charge on any atom is 0.209 e. The fourth-order valence-electron chi connectivity index (χ4n) is 6.26. The lowest BCUT2D eigenvalue weighted by Crippen LogP contribution is -3.00. The van der Waals surface area contributed by atoms with Crippen LogP contribution >= 0.6 is 0 Å². The van der Waals surface area contributed by atoms with Crippen LogP contribution in [0.4, 0.5) is 11.4 Å². The molecule has 0 amide bonds. The maximum absolute atomic E-state index is 2.50. The minimum Gasteiger partial charge on any atom is -1.00 e. The maximum atomic E-state index is 2.50. The summed E-state index contributed by atoms with van der Waals surface area (Å²) in [5.41, 5.74) is 14.5. The van der Waals surface area contributed by atoms with Crippen molar-refractivity contribution in [2.75, 3.05) is 18.0 Å². The van der Waals surface area contributed by atoms with Crippen molar-refractivity contribution in [3.05, 3.63) is 93.7 Å². The average molecular weight is 579 g/mol. The Balaban J connectivity index is 0.00000289. The summed E-state index contributed by atoms with van der Waals surface area (Å²) in [5, 5.41) is 0. The molecule has 3 aliphatic rings. The monoisotopic (exact) mass is 578 g/mol. The van der Waals surface area contributed by atoms with E-state index >= 15 is 0 Å². The highest BCUT2D eigenvalue weighted by Crippen LogP contribution is 2.41. The summed E-state index contributed by atoms with van der Waals surface area (Å²) in [6.45, 7) is 15.8. The van der Waals surface area contributed by atoms with E-state index < -0.39 is 0 Å². The largest absolute Gasteiger partial charge is 1.00 e. The van der Waals surface area contributed by atoms with E-state index in [1.807, 2.05) is 0 Å². The van der Waals surface area contributed by atoms with Crippen molar-refractivity contribution in [3.63, 3.8) is 0 Å². The van der Waals surface area contributed by atoms with Crippen molar-refractivity contribution in [1.82, 2.24) is 0 Å². The first kappa shape index (κ1) is 25.9. The fraction of sp³-hybridized carbons (Fsp3) is 0.406. The first-order valence-corrected chi connectivity index (χ1v) is 13.0. The first-order chi connectivity index (χ1) is 16.3. The second-order valence-electron chi connectivity index (χ2n) is 11.2. The molecule has 0 radical (unpaired) electrons. The van der Waals surface area contributed by atoms with E-state index in [1.165, 1.54) is 56.2 Å². The van der Waals surface area contributed by atoms with E-state index in [9.17, 15) is 0 Å². The highest BCUT2D eigenvalue weighted by Gasteiger charge is 2.31. The molecule has 5 rings (SSSR count). The zero-order valence-electron chi connectivity index (χ0n) is 22.2. The van der Waals surface area contributed by atoms with Crippen molar-refractivity contribution >= 4 is 17.1 Å². The molecule has 2 aromatic rings. The lowest BCUT2D eigenvalue weighted by Gasteiger charge is -2.31. The minimum atomic E-state index is 0. The average Bonchev–Trinajstić information content (AvgIpc) is 3.27. The number of halogens is 1. The summed E-state index contributed by atoms with van der Waals surface area (Å²) >= 11 is 0. The molecule has 2 nitrogen and oxygen atoms in total. The van der Waals surface area contributed by atoms with E-state index in [1.54, 1.807) is 0 Å². The van der Waals surface area contributed by atoms with Gasteiger partial charge in [-0.15, -0.1) is 0 Å². The Hall–Kier alpha value is -2.14. The molecule has 0 N–H and O–H groups in total. The molecule has 2 aliphatic heterocycles.